The number of alkyl halides is 6. The summed E-state index contributed by atoms with van der Waals surface area (Å²) in [4.78, 5) is 9.76. The van der Waals surface area contributed by atoms with Gasteiger partial charge in [0.15, 0.2) is 11.6 Å². The molecule has 228 valence electrons. The molecule has 0 saturated carbocycles. The quantitative estimate of drug-likeness (QED) is 0.204. The van der Waals surface area contributed by atoms with Gasteiger partial charge in [-0.15, -0.1) is 0 Å². The first-order valence-electron chi connectivity index (χ1n) is 12.8. The molecule has 2 atom stereocenters. The van der Waals surface area contributed by atoms with Crippen LogP contribution in [0, 0.1) is 18.6 Å². The van der Waals surface area contributed by atoms with Crippen molar-refractivity contribution in [2.75, 3.05) is 37.3 Å². The number of nitrogens with two attached hydrogens (primary N) is 1. The number of hydrogen-bond acceptors (Lipinski definition) is 7. The molecule has 2 aliphatic rings. The normalized spacial score (nSPS) is 21.0. The molecule has 2 aromatic carbocycles. The Hall–Kier alpha value is -3.33. The van der Waals surface area contributed by atoms with Crippen LogP contribution in [0.5, 0.6) is 11.8 Å². The number of aromatic hydroxyl groups is 1. The molecule has 3 heterocycles. The number of halogens is 9. The van der Waals surface area contributed by atoms with Gasteiger partial charge < -0.3 is 20.9 Å². The third kappa shape index (κ3) is 5.10. The molecule has 0 radical (unpaired) electrons. The van der Waals surface area contributed by atoms with Gasteiger partial charge in [0.25, 0.3) is 6.43 Å². The van der Waals surface area contributed by atoms with Crippen molar-refractivity contribution in [1.29, 1.82) is 0 Å². The average molecular weight is 626 g/mol. The van der Waals surface area contributed by atoms with Gasteiger partial charge in [-0.1, -0.05) is 11.6 Å². The van der Waals surface area contributed by atoms with E-state index in [-0.39, 0.29) is 19.6 Å². The highest BCUT2D eigenvalue weighted by molar-refractivity contribution is 6.36. The molecular weight excluding hydrogens is 602 g/mol. The third-order valence-corrected chi connectivity index (χ3v) is 8.03. The molecule has 0 unspecified atom stereocenters. The lowest BCUT2D eigenvalue weighted by Crippen LogP contribution is -2.43. The SMILES string of the molecule is Cc1cc(N)c(F)c(-c2c(Cl)c(O)c3c(NCC(F)F)nc(OC[C@@]45CCCN4C[C@H](F)C5)nc3c2F)c1C(F)(F)F. The standard InChI is InChI=1S/C26H24ClF8N5O2/c1-10-5-12(36)19(31)14(17(10)26(33,34)35)15-18(27)22(41)16-21(20(15)32)38-24(39-23(16)37-7-13(29)30)42-9-25-3-2-4-40(25)8-11(28)6-25/h5,11,13,41H,2-4,6-9,36H2,1H3,(H,37,38,39)/t11-,25+/m1/s1. The molecule has 16 heteroatoms. The molecule has 42 heavy (non-hydrogen) atoms. The zero-order valence-electron chi connectivity index (χ0n) is 21.9. The third-order valence-electron chi connectivity index (χ3n) is 7.66. The first-order chi connectivity index (χ1) is 19.6. The van der Waals surface area contributed by atoms with Crippen LogP contribution in [0.1, 0.15) is 30.4 Å². The first-order valence-corrected chi connectivity index (χ1v) is 13.1. The zero-order valence-corrected chi connectivity index (χ0v) is 22.6. The van der Waals surface area contributed by atoms with Gasteiger partial charge in [-0.2, -0.15) is 23.1 Å². The predicted molar refractivity (Wildman–Crippen MR) is 139 cm³/mol. The van der Waals surface area contributed by atoms with E-state index in [0.29, 0.717) is 19.0 Å². The number of rotatable bonds is 7. The molecule has 1 aromatic heterocycles. The number of nitrogen functional groups attached to an aromatic ring is 1. The van der Waals surface area contributed by atoms with Crippen molar-refractivity contribution >= 4 is 34.0 Å². The van der Waals surface area contributed by atoms with Gasteiger partial charge in [0, 0.05) is 24.1 Å². The van der Waals surface area contributed by atoms with Crippen LogP contribution in [0.3, 0.4) is 0 Å². The van der Waals surface area contributed by atoms with Crippen LogP contribution < -0.4 is 15.8 Å². The predicted octanol–water partition coefficient (Wildman–Crippen LogP) is 6.48. The van der Waals surface area contributed by atoms with Crippen molar-refractivity contribution in [2.24, 2.45) is 0 Å². The summed E-state index contributed by atoms with van der Waals surface area (Å²) in [5.74, 6) is -4.96. The van der Waals surface area contributed by atoms with Gasteiger partial charge in [0.1, 0.15) is 29.9 Å². The summed E-state index contributed by atoms with van der Waals surface area (Å²) in [6.07, 6.45) is -7.80. The number of fused-ring (bicyclic) bond motifs is 2. The van der Waals surface area contributed by atoms with E-state index < -0.39 is 104 Å². The minimum atomic E-state index is -5.21. The molecule has 5 rings (SSSR count). The average Bonchev–Trinajstić information content (AvgIpc) is 3.42. The molecule has 3 aromatic rings. The Morgan fingerprint density at radius 1 is 1.24 bits per heavy atom. The smallest absolute Gasteiger partial charge is 0.417 e. The van der Waals surface area contributed by atoms with Crippen molar-refractivity contribution in [3.8, 4) is 22.9 Å². The maximum atomic E-state index is 16.2. The van der Waals surface area contributed by atoms with E-state index in [0.717, 1.165) is 13.3 Å². The van der Waals surface area contributed by atoms with Crippen molar-refractivity contribution in [3.63, 3.8) is 0 Å². The van der Waals surface area contributed by atoms with Crippen molar-refractivity contribution in [1.82, 2.24) is 14.9 Å². The highest BCUT2D eigenvalue weighted by Gasteiger charge is 2.49. The molecule has 0 spiro atoms. The van der Waals surface area contributed by atoms with Crippen LogP contribution in [-0.4, -0.2) is 64.4 Å². The fourth-order valence-corrected chi connectivity index (χ4v) is 6.19. The zero-order chi connectivity index (χ0) is 30.7. The molecule has 2 fully saturated rings. The summed E-state index contributed by atoms with van der Waals surface area (Å²) >= 11 is 6.14. The Morgan fingerprint density at radius 3 is 2.62 bits per heavy atom. The lowest BCUT2D eigenvalue weighted by atomic mass is 9.92. The molecule has 0 aliphatic carbocycles. The highest BCUT2D eigenvalue weighted by atomic mass is 35.5. The Morgan fingerprint density at radius 2 is 1.95 bits per heavy atom. The van der Waals surface area contributed by atoms with Crippen molar-refractivity contribution < 1.29 is 45.0 Å². The van der Waals surface area contributed by atoms with E-state index in [1.54, 1.807) is 0 Å². The minimum Gasteiger partial charge on any atom is -0.506 e. The molecule has 2 aliphatic heterocycles. The molecular formula is C26H24ClF8N5O2. The van der Waals surface area contributed by atoms with Gasteiger partial charge in [-0.05, 0) is 37.9 Å². The Balaban J connectivity index is 1.72. The number of hydrogen-bond donors (Lipinski definition) is 3. The number of phenols is 1. The van der Waals surface area contributed by atoms with E-state index in [9.17, 15) is 31.4 Å². The second-order valence-corrected chi connectivity index (χ2v) is 10.8. The van der Waals surface area contributed by atoms with Gasteiger partial charge in [-0.3, -0.25) is 4.90 Å². The summed E-state index contributed by atoms with van der Waals surface area (Å²) in [5.41, 5.74) is -1.53. The van der Waals surface area contributed by atoms with Gasteiger partial charge >= 0.3 is 12.2 Å². The van der Waals surface area contributed by atoms with Crippen LogP contribution in [0.25, 0.3) is 22.0 Å². The van der Waals surface area contributed by atoms with Gasteiger partial charge in [0.2, 0.25) is 0 Å². The molecule has 0 amide bonds. The molecule has 2 saturated heterocycles. The highest BCUT2D eigenvalue weighted by Crippen LogP contribution is 2.50. The number of nitrogens with one attached hydrogen (secondary N) is 1. The maximum absolute atomic E-state index is 16.2. The van der Waals surface area contributed by atoms with E-state index in [2.05, 4.69) is 15.3 Å². The minimum absolute atomic E-state index is 0.139. The van der Waals surface area contributed by atoms with Crippen LogP contribution in [0.4, 0.5) is 46.6 Å². The summed E-state index contributed by atoms with van der Waals surface area (Å²) in [6.45, 7) is 0.573. The number of nitrogens with zero attached hydrogens (tertiary/aromatic N) is 3. The van der Waals surface area contributed by atoms with Crippen molar-refractivity contribution in [3.05, 3.63) is 33.9 Å². The van der Waals surface area contributed by atoms with Crippen LogP contribution in [0.2, 0.25) is 5.02 Å². The lowest BCUT2D eigenvalue weighted by Gasteiger charge is -2.30. The fourth-order valence-electron chi connectivity index (χ4n) is 5.92. The first kappa shape index (κ1) is 30.1. The van der Waals surface area contributed by atoms with E-state index in [1.807, 2.05) is 4.90 Å². The van der Waals surface area contributed by atoms with Gasteiger partial charge in [-0.25, -0.2) is 22.0 Å². The number of phenolic OH excluding ortho intramolecular Hbond substituents is 1. The van der Waals surface area contributed by atoms with E-state index >= 15 is 8.78 Å². The summed E-state index contributed by atoms with van der Waals surface area (Å²) < 4.78 is 120. The second-order valence-electron chi connectivity index (χ2n) is 10.4. The number of aromatic nitrogens is 2. The topological polar surface area (TPSA) is 96.5 Å². The Kier molecular flexibility index (Phi) is 7.71. The number of benzene rings is 2. The number of ether oxygens (including phenoxy) is 1. The molecule has 7 nitrogen and oxygen atoms in total. The fraction of sp³-hybridized carbons (Fsp3) is 0.462. The maximum Gasteiger partial charge on any atom is 0.417 e. The van der Waals surface area contributed by atoms with Crippen LogP contribution >= 0.6 is 11.6 Å². The lowest BCUT2D eigenvalue weighted by molar-refractivity contribution is -0.137. The second kappa shape index (κ2) is 10.7. The largest absolute Gasteiger partial charge is 0.506 e. The van der Waals surface area contributed by atoms with Gasteiger partial charge in [0.05, 0.1) is 33.7 Å². The number of aryl methyl sites for hydroxylation is 1. The Labute approximate surface area is 238 Å². The summed E-state index contributed by atoms with van der Waals surface area (Å²) in [5, 5.41) is 11.4. The summed E-state index contributed by atoms with van der Waals surface area (Å²) in [7, 11) is 0. The molecule has 4 N–H and O–H groups in total. The van der Waals surface area contributed by atoms with Crippen LogP contribution in [0.15, 0.2) is 6.07 Å². The summed E-state index contributed by atoms with van der Waals surface area (Å²) in [6, 6.07) is 0.112. The Bertz CT molecular complexity index is 1560. The molecule has 0 bridgehead atoms. The van der Waals surface area contributed by atoms with E-state index in [4.69, 9.17) is 22.1 Å². The van der Waals surface area contributed by atoms with Crippen LogP contribution in [-0.2, 0) is 6.18 Å². The van der Waals surface area contributed by atoms with E-state index in [1.165, 1.54) is 0 Å². The monoisotopic (exact) mass is 625 g/mol. The number of anilines is 2. The van der Waals surface area contributed by atoms with Crippen molar-refractivity contribution in [2.45, 2.75) is 50.5 Å².